The highest BCUT2D eigenvalue weighted by Crippen LogP contribution is 2.09. The van der Waals surface area contributed by atoms with Crippen molar-refractivity contribution in [2.45, 2.75) is 0 Å². The fourth-order valence-corrected chi connectivity index (χ4v) is 0.827. The maximum Gasteiger partial charge on any atom is 0.490 e. The molecule has 0 heterocycles. The number of hydrogen-bond donors (Lipinski definition) is 4. The van der Waals surface area contributed by atoms with E-state index in [4.69, 9.17) is 21.5 Å². The Balaban J connectivity index is 3.17. The molecule has 0 unspecified atom stereocenters. The molecular weight excluding hydrogens is 143 g/mol. The molecule has 0 saturated carbocycles. The van der Waals surface area contributed by atoms with Gasteiger partial charge in [-0.15, -0.1) is 0 Å². The number of hydrogen-bond acceptors (Lipinski definition) is 4. The van der Waals surface area contributed by atoms with Crippen LogP contribution in [0.2, 0.25) is 0 Å². The number of rotatable bonds is 1. The summed E-state index contributed by atoms with van der Waals surface area (Å²) in [5, 5.41) is 17.5. The number of nitrogens with two attached hydrogens (primary N) is 2. The molecule has 0 aliphatic rings. The largest absolute Gasteiger partial charge is 0.490 e. The number of nitrogen functional groups attached to an aromatic ring is 2. The topological polar surface area (TPSA) is 92.5 Å². The van der Waals surface area contributed by atoms with Crippen molar-refractivity contribution in [2.75, 3.05) is 11.5 Å². The van der Waals surface area contributed by atoms with Crippen molar-refractivity contribution < 1.29 is 10.0 Å². The van der Waals surface area contributed by atoms with Crippen LogP contribution in [0.25, 0.3) is 0 Å². The van der Waals surface area contributed by atoms with E-state index in [2.05, 4.69) is 0 Å². The lowest BCUT2D eigenvalue weighted by Crippen LogP contribution is -2.32. The third-order valence-corrected chi connectivity index (χ3v) is 1.45. The van der Waals surface area contributed by atoms with E-state index in [9.17, 15) is 0 Å². The molecule has 0 aliphatic heterocycles. The van der Waals surface area contributed by atoms with Crippen molar-refractivity contribution in [2.24, 2.45) is 0 Å². The smallest absolute Gasteiger partial charge is 0.423 e. The highest BCUT2D eigenvalue weighted by atomic mass is 16.4. The van der Waals surface area contributed by atoms with Crippen LogP contribution in [-0.4, -0.2) is 17.2 Å². The van der Waals surface area contributed by atoms with Gasteiger partial charge in [0.2, 0.25) is 0 Å². The van der Waals surface area contributed by atoms with Gasteiger partial charge in [0, 0.05) is 5.46 Å². The summed E-state index contributed by atoms with van der Waals surface area (Å²) in [6.07, 6.45) is 0. The minimum absolute atomic E-state index is 0.225. The highest BCUT2D eigenvalue weighted by molar-refractivity contribution is 6.60. The first-order valence-electron chi connectivity index (χ1n) is 3.13. The molecule has 0 fully saturated rings. The van der Waals surface area contributed by atoms with Gasteiger partial charge in [-0.3, -0.25) is 0 Å². The second kappa shape index (κ2) is 2.81. The quantitative estimate of drug-likeness (QED) is 0.292. The Morgan fingerprint density at radius 2 is 1.82 bits per heavy atom. The average molecular weight is 152 g/mol. The molecule has 11 heavy (non-hydrogen) atoms. The van der Waals surface area contributed by atoms with Gasteiger partial charge in [-0.2, -0.15) is 0 Å². The Morgan fingerprint density at radius 1 is 1.18 bits per heavy atom. The molecule has 1 aromatic rings. The summed E-state index contributed by atoms with van der Waals surface area (Å²) in [6, 6.07) is 4.72. The summed E-state index contributed by atoms with van der Waals surface area (Å²) in [4.78, 5) is 0. The summed E-state index contributed by atoms with van der Waals surface area (Å²) in [7, 11) is -1.56. The Labute approximate surface area is 64.6 Å². The minimum Gasteiger partial charge on any atom is -0.423 e. The van der Waals surface area contributed by atoms with Crippen molar-refractivity contribution >= 4 is 24.0 Å². The molecule has 5 heteroatoms. The van der Waals surface area contributed by atoms with Crippen molar-refractivity contribution in [3.8, 4) is 0 Å². The predicted molar refractivity (Wildman–Crippen MR) is 45.1 cm³/mol. The molecule has 0 bridgehead atoms. The summed E-state index contributed by atoms with van der Waals surface area (Å²) < 4.78 is 0. The van der Waals surface area contributed by atoms with Crippen molar-refractivity contribution in [3.63, 3.8) is 0 Å². The molecule has 0 atom stereocenters. The third-order valence-electron chi connectivity index (χ3n) is 1.45. The zero-order valence-corrected chi connectivity index (χ0v) is 5.86. The number of anilines is 2. The fraction of sp³-hybridized carbons (Fsp3) is 0. The van der Waals surface area contributed by atoms with E-state index in [1.165, 1.54) is 6.07 Å². The zero-order chi connectivity index (χ0) is 8.43. The fourth-order valence-electron chi connectivity index (χ4n) is 0.827. The Morgan fingerprint density at radius 3 is 2.27 bits per heavy atom. The lowest BCUT2D eigenvalue weighted by atomic mass is 9.79. The average Bonchev–Trinajstić information content (AvgIpc) is 1.94. The molecule has 0 saturated heterocycles. The molecule has 4 nitrogen and oxygen atoms in total. The van der Waals surface area contributed by atoms with Crippen LogP contribution in [0.4, 0.5) is 11.4 Å². The summed E-state index contributed by atoms with van der Waals surface area (Å²) in [5.41, 5.74) is 11.7. The van der Waals surface area contributed by atoms with Gasteiger partial charge in [0.05, 0.1) is 11.4 Å². The maximum atomic E-state index is 8.75. The van der Waals surface area contributed by atoms with Crippen molar-refractivity contribution in [3.05, 3.63) is 18.2 Å². The molecule has 0 spiro atoms. The molecule has 58 valence electrons. The van der Waals surface area contributed by atoms with E-state index in [0.717, 1.165) is 0 Å². The Kier molecular flexibility index (Phi) is 2.02. The van der Waals surface area contributed by atoms with Crippen LogP contribution >= 0.6 is 0 Å². The lowest BCUT2D eigenvalue weighted by Gasteiger charge is -2.05. The zero-order valence-electron chi connectivity index (χ0n) is 5.86. The van der Waals surface area contributed by atoms with E-state index in [1.807, 2.05) is 0 Å². The molecule has 6 N–H and O–H groups in total. The molecule has 0 radical (unpaired) electrons. The van der Waals surface area contributed by atoms with E-state index >= 15 is 0 Å². The van der Waals surface area contributed by atoms with Gasteiger partial charge in [0.25, 0.3) is 0 Å². The monoisotopic (exact) mass is 152 g/mol. The predicted octanol–water partition coefficient (Wildman–Crippen LogP) is -1.47. The van der Waals surface area contributed by atoms with Gasteiger partial charge in [0.1, 0.15) is 0 Å². The first-order chi connectivity index (χ1) is 5.13. The van der Waals surface area contributed by atoms with Gasteiger partial charge in [-0.25, -0.2) is 0 Å². The van der Waals surface area contributed by atoms with E-state index in [1.54, 1.807) is 12.1 Å². The first kappa shape index (κ1) is 7.91. The second-order valence-electron chi connectivity index (χ2n) is 2.22. The standard InChI is InChI=1S/C6H9BN2O2/c8-5-3-1-2-4(6(5)9)7(10)11/h1-3,10-11H,8-9H2. The van der Waals surface area contributed by atoms with Crippen LogP contribution < -0.4 is 16.9 Å². The third kappa shape index (κ3) is 1.44. The molecule has 0 amide bonds. The van der Waals surface area contributed by atoms with Crippen LogP contribution in [0, 0.1) is 0 Å². The molecule has 1 aromatic carbocycles. The maximum absolute atomic E-state index is 8.75. The van der Waals surface area contributed by atoms with Crippen LogP contribution in [0.15, 0.2) is 18.2 Å². The molecule has 0 aliphatic carbocycles. The van der Waals surface area contributed by atoms with Gasteiger partial charge in [-0.1, -0.05) is 12.1 Å². The van der Waals surface area contributed by atoms with Gasteiger partial charge in [-0.05, 0) is 6.07 Å². The molecule has 1 rings (SSSR count). The Hall–Kier alpha value is -1.20. The molecule has 0 aromatic heterocycles. The molecular formula is C6H9BN2O2. The normalized spacial score (nSPS) is 9.64. The van der Waals surface area contributed by atoms with Gasteiger partial charge in [0.15, 0.2) is 0 Å². The van der Waals surface area contributed by atoms with Crippen LogP contribution in [-0.2, 0) is 0 Å². The first-order valence-corrected chi connectivity index (χ1v) is 3.13. The van der Waals surface area contributed by atoms with Crippen LogP contribution in [0.3, 0.4) is 0 Å². The highest BCUT2D eigenvalue weighted by Gasteiger charge is 2.14. The van der Waals surface area contributed by atoms with E-state index < -0.39 is 7.12 Å². The minimum atomic E-state index is -1.56. The van der Waals surface area contributed by atoms with E-state index in [0.29, 0.717) is 5.69 Å². The second-order valence-corrected chi connectivity index (χ2v) is 2.22. The van der Waals surface area contributed by atoms with Crippen LogP contribution in [0.5, 0.6) is 0 Å². The number of para-hydroxylation sites is 1. The summed E-state index contributed by atoms with van der Waals surface area (Å²) >= 11 is 0. The van der Waals surface area contributed by atoms with Gasteiger partial charge < -0.3 is 21.5 Å². The number of benzene rings is 1. The lowest BCUT2D eigenvalue weighted by molar-refractivity contribution is 0.426. The summed E-state index contributed by atoms with van der Waals surface area (Å²) in [5.74, 6) is 0. The van der Waals surface area contributed by atoms with E-state index in [-0.39, 0.29) is 11.2 Å². The van der Waals surface area contributed by atoms with Crippen molar-refractivity contribution in [1.82, 2.24) is 0 Å². The summed E-state index contributed by atoms with van der Waals surface area (Å²) in [6.45, 7) is 0. The van der Waals surface area contributed by atoms with Gasteiger partial charge >= 0.3 is 7.12 Å². The van der Waals surface area contributed by atoms with Crippen LogP contribution in [0.1, 0.15) is 0 Å². The van der Waals surface area contributed by atoms with Crippen molar-refractivity contribution in [1.29, 1.82) is 0 Å². The SMILES string of the molecule is Nc1cccc(B(O)O)c1N. The Bertz CT molecular complexity index is 265.